The van der Waals surface area contributed by atoms with Gasteiger partial charge in [0.15, 0.2) is 0 Å². The molecule has 0 bridgehead atoms. The van der Waals surface area contributed by atoms with E-state index in [1.807, 2.05) is 47.2 Å². The molecule has 7 nitrogen and oxygen atoms in total. The number of rotatable bonds is 5. The van der Waals surface area contributed by atoms with Crippen molar-refractivity contribution >= 4 is 61.8 Å². The van der Waals surface area contributed by atoms with Crippen LogP contribution in [0.3, 0.4) is 0 Å². The summed E-state index contributed by atoms with van der Waals surface area (Å²) in [6, 6.07) is 18.0. The molecule has 1 N–H and O–H groups in total. The zero-order chi connectivity index (χ0) is 20.4. The molecule has 144 valence electrons. The molecule has 0 spiro atoms. The normalized spacial score (nSPS) is 11.2. The van der Waals surface area contributed by atoms with Crippen LogP contribution < -0.4 is 5.43 Å². The second-order valence-corrected chi connectivity index (χ2v) is 8.40. The summed E-state index contributed by atoms with van der Waals surface area (Å²) in [6.07, 6.45) is 3.50. The van der Waals surface area contributed by atoms with E-state index in [-0.39, 0.29) is 11.6 Å². The molecular weight excluding hydrogens is 503 g/mol. The van der Waals surface area contributed by atoms with Gasteiger partial charge < -0.3 is 4.57 Å². The number of halogens is 1. The van der Waals surface area contributed by atoms with Gasteiger partial charge in [0.2, 0.25) is 0 Å². The predicted molar refractivity (Wildman–Crippen MR) is 122 cm³/mol. The van der Waals surface area contributed by atoms with Crippen LogP contribution in [0.2, 0.25) is 0 Å². The first kappa shape index (κ1) is 19.3. The Labute approximate surface area is 183 Å². The number of hydrazone groups is 1. The zero-order valence-corrected chi connectivity index (χ0v) is 17.8. The van der Waals surface area contributed by atoms with Crippen LogP contribution in [0.15, 0.2) is 72.0 Å². The molecule has 0 aliphatic rings. The number of amides is 1. The number of hydrogen-bond donors (Lipinski definition) is 1. The van der Waals surface area contributed by atoms with Crippen molar-refractivity contribution in [1.82, 2.24) is 9.99 Å². The van der Waals surface area contributed by atoms with Crippen LogP contribution in [-0.2, 0) is 0 Å². The minimum Gasteiger partial charge on any atom is -0.316 e. The van der Waals surface area contributed by atoms with E-state index in [9.17, 15) is 14.9 Å². The van der Waals surface area contributed by atoms with E-state index in [4.69, 9.17) is 0 Å². The second kappa shape index (κ2) is 8.13. The van der Waals surface area contributed by atoms with Crippen LogP contribution in [0.4, 0.5) is 5.69 Å². The van der Waals surface area contributed by atoms with Gasteiger partial charge in [-0.2, -0.15) is 5.10 Å². The van der Waals surface area contributed by atoms with Crippen molar-refractivity contribution in [1.29, 1.82) is 0 Å². The Balaban J connectivity index is 1.49. The molecular formula is C20H13IN4O3S. The van der Waals surface area contributed by atoms with Gasteiger partial charge in [-0.3, -0.25) is 14.9 Å². The Morgan fingerprint density at radius 1 is 1.17 bits per heavy atom. The summed E-state index contributed by atoms with van der Waals surface area (Å²) in [5.41, 5.74) is 4.33. The number of carbonyl (C=O) groups is 1. The highest BCUT2D eigenvalue weighted by molar-refractivity contribution is 14.1. The summed E-state index contributed by atoms with van der Waals surface area (Å²) in [4.78, 5) is 23.3. The fraction of sp³-hybridized carbons (Fsp3) is 0. The van der Waals surface area contributed by atoms with Gasteiger partial charge in [0.05, 0.1) is 21.7 Å². The maximum absolute atomic E-state index is 12.4. The van der Waals surface area contributed by atoms with E-state index < -0.39 is 4.92 Å². The predicted octanol–water partition coefficient (Wildman–Crippen LogP) is 4.97. The van der Waals surface area contributed by atoms with Gasteiger partial charge in [-0.05, 0) is 71.1 Å². The molecule has 0 fully saturated rings. The molecule has 0 atom stereocenters. The first-order chi connectivity index (χ1) is 14.0. The van der Waals surface area contributed by atoms with Crippen molar-refractivity contribution in [3.63, 3.8) is 0 Å². The zero-order valence-electron chi connectivity index (χ0n) is 14.8. The topological polar surface area (TPSA) is 89.5 Å². The first-order valence-electron chi connectivity index (χ1n) is 8.46. The number of non-ortho nitro benzene ring substituents is 1. The second-order valence-electron chi connectivity index (χ2n) is 6.07. The van der Waals surface area contributed by atoms with E-state index in [0.717, 1.165) is 19.7 Å². The van der Waals surface area contributed by atoms with E-state index >= 15 is 0 Å². The van der Waals surface area contributed by atoms with Gasteiger partial charge in [0, 0.05) is 37.7 Å². The maximum Gasteiger partial charge on any atom is 0.281 e. The Morgan fingerprint density at radius 2 is 1.97 bits per heavy atom. The third-order valence-corrected chi connectivity index (χ3v) is 6.02. The van der Waals surface area contributed by atoms with E-state index in [1.54, 1.807) is 18.3 Å². The Morgan fingerprint density at radius 3 is 2.72 bits per heavy atom. The minimum absolute atomic E-state index is 0.00311. The van der Waals surface area contributed by atoms with Crippen molar-refractivity contribution in [2.24, 2.45) is 5.10 Å². The summed E-state index contributed by atoms with van der Waals surface area (Å²) in [7, 11) is 0. The minimum atomic E-state index is -0.454. The van der Waals surface area contributed by atoms with Gasteiger partial charge in [-0.15, -0.1) is 11.3 Å². The number of benzene rings is 2. The summed E-state index contributed by atoms with van der Waals surface area (Å²) in [6.45, 7) is 0. The molecule has 9 heteroatoms. The van der Waals surface area contributed by atoms with Gasteiger partial charge in [-0.25, -0.2) is 5.43 Å². The van der Waals surface area contributed by atoms with Crippen LogP contribution in [0, 0.1) is 13.7 Å². The molecule has 0 radical (unpaired) electrons. The highest BCUT2D eigenvalue weighted by Gasteiger charge is 2.13. The van der Waals surface area contributed by atoms with Crippen molar-refractivity contribution in [3.8, 4) is 5.69 Å². The Kier molecular flexibility index (Phi) is 5.41. The fourth-order valence-electron chi connectivity index (χ4n) is 2.80. The molecule has 2 aromatic carbocycles. The van der Waals surface area contributed by atoms with Gasteiger partial charge in [-0.1, -0.05) is 0 Å². The summed E-state index contributed by atoms with van der Waals surface area (Å²) < 4.78 is 3.91. The first-order valence-corrected chi connectivity index (χ1v) is 10.4. The molecule has 0 aliphatic carbocycles. The molecule has 0 aliphatic heterocycles. The van der Waals surface area contributed by atoms with Crippen LogP contribution in [0.25, 0.3) is 15.8 Å². The standard InChI is InChI=1S/C20H13IN4O3S/c21-14-3-5-15(6-4-14)24-9-1-2-17(24)12-22-23-20(26)19-11-13-10-16(25(27)28)7-8-18(13)29-19/h1-12H,(H,23,26)/b22-12-. The van der Waals surface area contributed by atoms with Crippen LogP contribution in [-0.4, -0.2) is 21.6 Å². The lowest BCUT2D eigenvalue weighted by Crippen LogP contribution is -2.16. The van der Waals surface area contributed by atoms with Gasteiger partial charge in [0.1, 0.15) is 0 Å². The van der Waals surface area contributed by atoms with Crippen molar-refractivity contribution in [2.75, 3.05) is 0 Å². The molecule has 0 unspecified atom stereocenters. The van der Waals surface area contributed by atoms with Crippen molar-refractivity contribution < 1.29 is 9.72 Å². The SMILES string of the molecule is O=C(N/N=C\c1cccn1-c1ccc(I)cc1)c1cc2cc([N+](=O)[O-])ccc2s1. The largest absolute Gasteiger partial charge is 0.316 e. The highest BCUT2D eigenvalue weighted by Crippen LogP contribution is 2.28. The molecule has 2 heterocycles. The molecule has 4 aromatic rings. The fourth-order valence-corrected chi connectivity index (χ4v) is 4.10. The average Bonchev–Trinajstić information content (AvgIpc) is 3.34. The number of thiophene rings is 1. The van der Waals surface area contributed by atoms with Crippen LogP contribution >= 0.6 is 33.9 Å². The maximum atomic E-state index is 12.4. The number of carbonyl (C=O) groups excluding carboxylic acids is 1. The molecule has 0 saturated heterocycles. The Hall–Kier alpha value is -3.05. The lowest BCUT2D eigenvalue weighted by atomic mass is 10.2. The van der Waals surface area contributed by atoms with Crippen LogP contribution in [0.1, 0.15) is 15.4 Å². The molecule has 0 saturated carbocycles. The van der Waals surface area contributed by atoms with Gasteiger partial charge in [0.25, 0.3) is 11.6 Å². The number of fused-ring (bicyclic) bond motifs is 1. The summed E-state index contributed by atoms with van der Waals surface area (Å²) in [5.74, 6) is -0.363. The summed E-state index contributed by atoms with van der Waals surface area (Å²) >= 11 is 3.51. The lowest BCUT2D eigenvalue weighted by Gasteiger charge is -2.06. The molecule has 2 aromatic heterocycles. The number of nitrogens with one attached hydrogen (secondary N) is 1. The van der Waals surface area contributed by atoms with Crippen molar-refractivity contribution in [2.45, 2.75) is 0 Å². The molecule has 1 amide bonds. The molecule has 29 heavy (non-hydrogen) atoms. The van der Waals surface area contributed by atoms with Crippen molar-refractivity contribution in [3.05, 3.63) is 91.1 Å². The third-order valence-electron chi connectivity index (χ3n) is 4.18. The van der Waals surface area contributed by atoms with E-state index in [2.05, 4.69) is 33.1 Å². The van der Waals surface area contributed by atoms with Gasteiger partial charge >= 0.3 is 0 Å². The smallest absolute Gasteiger partial charge is 0.281 e. The number of nitrogens with zero attached hydrogens (tertiary/aromatic N) is 3. The number of nitro benzene ring substituents is 1. The van der Waals surface area contributed by atoms with E-state index in [1.165, 1.54) is 23.5 Å². The Bertz CT molecular complexity index is 1240. The molecule has 4 rings (SSSR count). The van der Waals surface area contributed by atoms with Crippen LogP contribution in [0.5, 0.6) is 0 Å². The highest BCUT2D eigenvalue weighted by atomic mass is 127. The quantitative estimate of drug-likeness (QED) is 0.176. The average molecular weight is 516 g/mol. The monoisotopic (exact) mass is 516 g/mol. The summed E-state index contributed by atoms with van der Waals surface area (Å²) in [5, 5.41) is 15.6. The number of aromatic nitrogens is 1. The van der Waals surface area contributed by atoms with E-state index in [0.29, 0.717) is 10.3 Å². The number of nitro groups is 1. The number of hydrogen-bond acceptors (Lipinski definition) is 5. The lowest BCUT2D eigenvalue weighted by molar-refractivity contribution is -0.384. The third kappa shape index (κ3) is 4.20.